The molecule has 2 rings (SSSR count). The molecule has 18 heavy (non-hydrogen) atoms. The SMILES string of the molecule is COc1c(F)cc(-c2cc(C(=O)O)no2)cc1Cl. The number of benzene rings is 1. The lowest BCUT2D eigenvalue weighted by atomic mass is 10.1. The number of ether oxygens (including phenoxy) is 1. The van der Waals surface area contributed by atoms with Gasteiger partial charge in [0.2, 0.25) is 0 Å². The van der Waals surface area contributed by atoms with Crippen LogP contribution in [0.2, 0.25) is 5.02 Å². The van der Waals surface area contributed by atoms with Gasteiger partial charge < -0.3 is 14.4 Å². The van der Waals surface area contributed by atoms with E-state index in [1.807, 2.05) is 0 Å². The second-order valence-electron chi connectivity index (χ2n) is 3.35. The van der Waals surface area contributed by atoms with E-state index in [0.29, 0.717) is 0 Å². The molecule has 0 bridgehead atoms. The molecule has 0 spiro atoms. The fraction of sp³-hybridized carbons (Fsp3) is 0.0909. The van der Waals surface area contributed by atoms with E-state index in [0.717, 1.165) is 6.07 Å². The Labute approximate surface area is 106 Å². The van der Waals surface area contributed by atoms with Crippen LogP contribution in [0.25, 0.3) is 11.3 Å². The molecular formula is C11H7ClFNO4. The zero-order chi connectivity index (χ0) is 13.3. The molecule has 5 nitrogen and oxygen atoms in total. The largest absolute Gasteiger partial charge is 0.492 e. The summed E-state index contributed by atoms with van der Waals surface area (Å²) in [5, 5.41) is 12.1. The van der Waals surface area contributed by atoms with Crippen molar-refractivity contribution in [1.82, 2.24) is 5.16 Å². The maximum Gasteiger partial charge on any atom is 0.358 e. The van der Waals surface area contributed by atoms with E-state index in [-0.39, 0.29) is 27.8 Å². The Morgan fingerprint density at radius 2 is 2.22 bits per heavy atom. The molecule has 0 radical (unpaired) electrons. The molecule has 7 heteroatoms. The molecule has 0 unspecified atom stereocenters. The second kappa shape index (κ2) is 4.66. The highest BCUT2D eigenvalue weighted by Gasteiger charge is 2.16. The first-order chi connectivity index (χ1) is 8.52. The van der Waals surface area contributed by atoms with Crippen LogP contribution in [0.15, 0.2) is 22.7 Å². The molecule has 2 aromatic rings. The molecule has 0 fully saturated rings. The maximum atomic E-state index is 13.6. The van der Waals surface area contributed by atoms with Crippen molar-refractivity contribution in [3.8, 4) is 17.1 Å². The average molecular weight is 272 g/mol. The zero-order valence-electron chi connectivity index (χ0n) is 9.11. The number of halogens is 2. The second-order valence-corrected chi connectivity index (χ2v) is 3.76. The van der Waals surface area contributed by atoms with Crippen LogP contribution in [0, 0.1) is 5.82 Å². The predicted molar refractivity (Wildman–Crippen MR) is 60.4 cm³/mol. The van der Waals surface area contributed by atoms with Crippen molar-refractivity contribution in [3.63, 3.8) is 0 Å². The first-order valence-electron chi connectivity index (χ1n) is 4.76. The first-order valence-corrected chi connectivity index (χ1v) is 5.14. The summed E-state index contributed by atoms with van der Waals surface area (Å²) in [6.07, 6.45) is 0. The molecule has 0 saturated heterocycles. The standard InChI is InChI=1S/C11H7ClFNO4/c1-17-10-6(12)2-5(3-7(10)13)9-4-8(11(15)16)14-18-9/h2-4H,1H3,(H,15,16). The highest BCUT2D eigenvalue weighted by molar-refractivity contribution is 6.32. The fourth-order valence-corrected chi connectivity index (χ4v) is 1.69. The van der Waals surface area contributed by atoms with Crippen molar-refractivity contribution in [1.29, 1.82) is 0 Å². The Balaban J connectivity index is 2.47. The van der Waals surface area contributed by atoms with E-state index in [2.05, 4.69) is 5.16 Å². The number of hydrogen-bond donors (Lipinski definition) is 1. The van der Waals surface area contributed by atoms with Crippen molar-refractivity contribution in [2.75, 3.05) is 7.11 Å². The van der Waals surface area contributed by atoms with Gasteiger partial charge in [0.05, 0.1) is 12.1 Å². The van der Waals surface area contributed by atoms with Gasteiger partial charge in [-0.2, -0.15) is 0 Å². The van der Waals surface area contributed by atoms with Crippen LogP contribution in [0.4, 0.5) is 4.39 Å². The molecule has 0 aliphatic carbocycles. The maximum absolute atomic E-state index is 13.6. The summed E-state index contributed by atoms with van der Waals surface area (Å²) >= 11 is 5.81. The van der Waals surface area contributed by atoms with E-state index >= 15 is 0 Å². The smallest absolute Gasteiger partial charge is 0.358 e. The number of aromatic nitrogens is 1. The number of nitrogens with zero attached hydrogens (tertiary/aromatic N) is 1. The van der Waals surface area contributed by atoms with E-state index in [9.17, 15) is 9.18 Å². The molecule has 0 aliphatic rings. The highest BCUT2D eigenvalue weighted by Crippen LogP contribution is 2.33. The lowest BCUT2D eigenvalue weighted by Crippen LogP contribution is -1.94. The van der Waals surface area contributed by atoms with Crippen LogP contribution in [-0.4, -0.2) is 23.3 Å². The third-order valence-electron chi connectivity index (χ3n) is 2.22. The monoisotopic (exact) mass is 271 g/mol. The molecule has 1 heterocycles. The molecule has 0 aliphatic heterocycles. The summed E-state index contributed by atoms with van der Waals surface area (Å²) in [6, 6.07) is 3.70. The van der Waals surface area contributed by atoms with Crippen LogP contribution >= 0.6 is 11.6 Å². The Morgan fingerprint density at radius 1 is 1.50 bits per heavy atom. The molecule has 0 saturated carbocycles. The van der Waals surface area contributed by atoms with Crippen LogP contribution in [0.3, 0.4) is 0 Å². The quantitative estimate of drug-likeness (QED) is 0.929. The Morgan fingerprint density at radius 3 is 2.72 bits per heavy atom. The number of aromatic carboxylic acids is 1. The molecule has 0 amide bonds. The highest BCUT2D eigenvalue weighted by atomic mass is 35.5. The normalized spacial score (nSPS) is 10.4. The molecule has 1 aromatic heterocycles. The summed E-state index contributed by atoms with van der Waals surface area (Å²) in [5.74, 6) is -1.88. The zero-order valence-corrected chi connectivity index (χ0v) is 9.86. The minimum absolute atomic E-state index is 0.0563. The van der Waals surface area contributed by atoms with Crippen molar-refractivity contribution in [2.45, 2.75) is 0 Å². The van der Waals surface area contributed by atoms with E-state index in [1.165, 1.54) is 19.2 Å². The van der Waals surface area contributed by atoms with Gasteiger partial charge in [-0.3, -0.25) is 0 Å². The van der Waals surface area contributed by atoms with Gasteiger partial charge in [-0.05, 0) is 12.1 Å². The first kappa shape index (κ1) is 12.4. The van der Waals surface area contributed by atoms with Crippen LogP contribution in [0.1, 0.15) is 10.5 Å². The number of methoxy groups -OCH3 is 1. The van der Waals surface area contributed by atoms with Gasteiger partial charge >= 0.3 is 5.97 Å². The lowest BCUT2D eigenvalue weighted by Gasteiger charge is -2.05. The topological polar surface area (TPSA) is 72.6 Å². The third-order valence-corrected chi connectivity index (χ3v) is 2.50. The number of carbonyl (C=O) groups is 1. The molecule has 1 N–H and O–H groups in total. The van der Waals surface area contributed by atoms with Crippen LogP contribution in [0.5, 0.6) is 5.75 Å². The predicted octanol–water partition coefficient (Wildman–Crippen LogP) is 2.84. The molecular weight excluding hydrogens is 265 g/mol. The Kier molecular flexibility index (Phi) is 3.20. The van der Waals surface area contributed by atoms with Crippen molar-refractivity contribution >= 4 is 17.6 Å². The lowest BCUT2D eigenvalue weighted by molar-refractivity contribution is 0.0686. The van der Waals surface area contributed by atoms with E-state index in [1.54, 1.807) is 0 Å². The molecule has 94 valence electrons. The van der Waals surface area contributed by atoms with Gasteiger partial charge in [-0.25, -0.2) is 9.18 Å². The Hall–Kier alpha value is -2.08. The Bertz CT molecular complexity index is 588. The van der Waals surface area contributed by atoms with Gasteiger partial charge in [0.15, 0.2) is 23.0 Å². The summed E-state index contributed by atoms with van der Waals surface area (Å²) < 4.78 is 23.1. The summed E-state index contributed by atoms with van der Waals surface area (Å²) in [7, 11) is 1.29. The molecule has 1 aromatic carbocycles. The fourth-order valence-electron chi connectivity index (χ4n) is 1.41. The number of carboxylic acid groups (broad SMARTS) is 1. The van der Waals surface area contributed by atoms with Crippen molar-refractivity contribution in [3.05, 3.63) is 34.7 Å². The van der Waals surface area contributed by atoms with Crippen molar-refractivity contribution in [2.24, 2.45) is 0 Å². The number of hydrogen-bond acceptors (Lipinski definition) is 4. The van der Waals surface area contributed by atoms with E-state index in [4.69, 9.17) is 26.0 Å². The van der Waals surface area contributed by atoms with Gasteiger partial charge in [-0.15, -0.1) is 0 Å². The summed E-state index contributed by atoms with van der Waals surface area (Å²) in [4.78, 5) is 10.6. The van der Waals surface area contributed by atoms with Gasteiger partial charge in [0, 0.05) is 11.6 Å². The average Bonchev–Trinajstić information content (AvgIpc) is 2.77. The minimum Gasteiger partial charge on any atom is -0.492 e. The molecule has 0 atom stereocenters. The number of carboxylic acids is 1. The van der Waals surface area contributed by atoms with Gasteiger partial charge in [0.25, 0.3) is 0 Å². The van der Waals surface area contributed by atoms with Gasteiger partial charge in [-0.1, -0.05) is 16.8 Å². The van der Waals surface area contributed by atoms with Gasteiger partial charge in [0.1, 0.15) is 0 Å². The number of rotatable bonds is 3. The minimum atomic E-state index is -1.23. The van der Waals surface area contributed by atoms with Crippen LogP contribution < -0.4 is 4.74 Å². The van der Waals surface area contributed by atoms with Crippen molar-refractivity contribution < 1.29 is 23.6 Å². The van der Waals surface area contributed by atoms with E-state index < -0.39 is 11.8 Å². The summed E-state index contributed by atoms with van der Waals surface area (Å²) in [5.41, 5.74) is 0.00986. The third kappa shape index (κ3) is 2.14. The summed E-state index contributed by atoms with van der Waals surface area (Å²) in [6.45, 7) is 0. The van der Waals surface area contributed by atoms with Crippen LogP contribution in [-0.2, 0) is 0 Å².